The topological polar surface area (TPSA) is 94.2 Å². The highest BCUT2D eigenvalue weighted by Crippen LogP contribution is 2.32. The Balaban J connectivity index is 1.28. The second kappa shape index (κ2) is 9.07. The van der Waals surface area contributed by atoms with Gasteiger partial charge in [-0.3, -0.25) is 14.4 Å². The van der Waals surface area contributed by atoms with Gasteiger partial charge < -0.3 is 24.4 Å². The van der Waals surface area contributed by atoms with E-state index in [0.29, 0.717) is 30.4 Å². The predicted molar refractivity (Wildman–Crippen MR) is 113 cm³/mol. The van der Waals surface area contributed by atoms with Gasteiger partial charge in [-0.15, -0.1) is 0 Å². The van der Waals surface area contributed by atoms with Gasteiger partial charge in [0, 0.05) is 30.4 Å². The van der Waals surface area contributed by atoms with E-state index in [-0.39, 0.29) is 18.9 Å². The second-order valence-corrected chi connectivity index (χ2v) is 7.44. The summed E-state index contributed by atoms with van der Waals surface area (Å²) in [6.45, 7) is 2.81. The smallest absolute Gasteiger partial charge is 0.311 e. The lowest BCUT2D eigenvalue weighted by Gasteiger charge is -2.19. The molecule has 0 unspecified atom stereocenters. The second-order valence-electron chi connectivity index (χ2n) is 7.44. The van der Waals surface area contributed by atoms with E-state index in [1.54, 1.807) is 23.1 Å². The number of nitrogens with one attached hydrogen (secondary N) is 1. The van der Waals surface area contributed by atoms with Gasteiger partial charge >= 0.3 is 5.97 Å². The first-order valence-corrected chi connectivity index (χ1v) is 10.3. The highest BCUT2D eigenvalue weighted by atomic mass is 16.6. The molecule has 1 atom stereocenters. The summed E-state index contributed by atoms with van der Waals surface area (Å²) in [5.74, 6) is -0.583. The van der Waals surface area contributed by atoms with Crippen LogP contribution >= 0.6 is 0 Å². The molecule has 8 heteroatoms. The third kappa shape index (κ3) is 4.79. The van der Waals surface area contributed by atoms with Gasteiger partial charge in [0.15, 0.2) is 18.1 Å². The minimum absolute atomic E-state index is 0.0676. The lowest BCUT2D eigenvalue weighted by Crippen LogP contribution is -2.28. The molecule has 0 aromatic heterocycles. The number of esters is 1. The lowest BCUT2D eigenvalue weighted by atomic mass is 10.1. The number of carbonyl (C=O) groups excluding carboxylic acids is 3. The first kappa shape index (κ1) is 20.7. The van der Waals surface area contributed by atoms with Gasteiger partial charge in [-0.05, 0) is 36.2 Å². The van der Waals surface area contributed by atoms with E-state index in [4.69, 9.17) is 14.2 Å². The number of hydrogen-bond acceptors (Lipinski definition) is 6. The van der Waals surface area contributed by atoms with Gasteiger partial charge in [0.25, 0.3) is 5.91 Å². The zero-order chi connectivity index (χ0) is 21.8. The molecule has 1 fully saturated rings. The first-order chi connectivity index (χ1) is 15.0. The molecule has 8 nitrogen and oxygen atoms in total. The van der Waals surface area contributed by atoms with Crippen LogP contribution in [0.2, 0.25) is 0 Å². The normalized spacial score (nSPS) is 17.4. The Bertz CT molecular complexity index is 988. The molecule has 0 bridgehead atoms. The molecule has 4 rings (SSSR count). The quantitative estimate of drug-likeness (QED) is 0.717. The van der Waals surface area contributed by atoms with Crippen LogP contribution in [-0.2, 0) is 25.5 Å². The molecular formula is C23H24N2O6. The van der Waals surface area contributed by atoms with Gasteiger partial charge in [-0.25, -0.2) is 0 Å². The van der Waals surface area contributed by atoms with Crippen LogP contribution in [0.5, 0.6) is 11.5 Å². The first-order valence-electron chi connectivity index (χ1n) is 10.3. The van der Waals surface area contributed by atoms with Crippen LogP contribution in [0.3, 0.4) is 0 Å². The molecule has 2 amide bonds. The summed E-state index contributed by atoms with van der Waals surface area (Å²) in [6, 6.07) is 12.8. The summed E-state index contributed by atoms with van der Waals surface area (Å²) in [5.41, 5.74) is 2.45. The van der Waals surface area contributed by atoms with Crippen molar-refractivity contribution in [2.75, 3.05) is 36.6 Å². The average Bonchev–Trinajstić information content (AvgIpc) is 3.19. The van der Waals surface area contributed by atoms with E-state index in [1.807, 2.05) is 24.3 Å². The molecule has 2 aromatic carbocycles. The highest BCUT2D eigenvalue weighted by Gasteiger charge is 2.36. The zero-order valence-corrected chi connectivity index (χ0v) is 17.3. The fraction of sp³-hybridized carbons (Fsp3) is 0.348. The molecule has 1 saturated heterocycles. The number of aryl methyl sites for hydroxylation is 1. The van der Waals surface area contributed by atoms with E-state index in [2.05, 4.69) is 12.2 Å². The van der Waals surface area contributed by atoms with Gasteiger partial charge in [0.2, 0.25) is 5.91 Å². The molecule has 0 spiro atoms. The number of rotatable bonds is 6. The Kier molecular flexibility index (Phi) is 6.06. The van der Waals surface area contributed by atoms with Crippen LogP contribution in [0, 0.1) is 5.92 Å². The molecule has 1 N–H and O–H groups in total. The van der Waals surface area contributed by atoms with Crippen molar-refractivity contribution in [2.45, 2.75) is 19.8 Å². The fourth-order valence-electron chi connectivity index (χ4n) is 3.60. The van der Waals surface area contributed by atoms with E-state index in [1.165, 1.54) is 5.56 Å². The number of ether oxygens (including phenoxy) is 3. The van der Waals surface area contributed by atoms with Crippen molar-refractivity contribution in [1.82, 2.24) is 0 Å². The fourth-order valence-corrected chi connectivity index (χ4v) is 3.60. The van der Waals surface area contributed by atoms with Crippen LogP contribution in [0.25, 0.3) is 0 Å². The molecule has 2 aliphatic heterocycles. The third-order valence-electron chi connectivity index (χ3n) is 5.29. The lowest BCUT2D eigenvalue weighted by molar-refractivity contribution is -0.151. The summed E-state index contributed by atoms with van der Waals surface area (Å²) < 4.78 is 16.1. The van der Waals surface area contributed by atoms with Crippen molar-refractivity contribution < 1.29 is 28.6 Å². The Labute approximate surface area is 180 Å². The van der Waals surface area contributed by atoms with Crippen LogP contribution in [0.1, 0.15) is 18.9 Å². The van der Waals surface area contributed by atoms with E-state index >= 15 is 0 Å². The summed E-state index contributed by atoms with van der Waals surface area (Å²) in [6.07, 6.45) is 0.982. The monoisotopic (exact) mass is 424 g/mol. The van der Waals surface area contributed by atoms with Crippen LogP contribution in [0.4, 0.5) is 11.4 Å². The van der Waals surface area contributed by atoms with Gasteiger partial charge in [0.1, 0.15) is 13.2 Å². The van der Waals surface area contributed by atoms with Crippen molar-refractivity contribution in [3.05, 3.63) is 48.0 Å². The number of fused-ring (bicyclic) bond motifs is 1. The molecule has 31 heavy (non-hydrogen) atoms. The van der Waals surface area contributed by atoms with E-state index in [9.17, 15) is 14.4 Å². The number of hydrogen-bond donors (Lipinski definition) is 1. The molecule has 162 valence electrons. The third-order valence-corrected chi connectivity index (χ3v) is 5.29. The van der Waals surface area contributed by atoms with Crippen LogP contribution in [0.15, 0.2) is 42.5 Å². The molecule has 2 aliphatic rings. The van der Waals surface area contributed by atoms with Gasteiger partial charge in [-0.2, -0.15) is 0 Å². The highest BCUT2D eigenvalue weighted by molar-refractivity contribution is 6.00. The molecular weight excluding hydrogens is 400 g/mol. The average molecular weight is 424 g/mol. The molecule has 2 heterocycles. The zero-order valence-electron chi connectivity index (χ0n) is 17.3. The molecule has 2 aromatic rings. The predicted octanol–water partition coefficient (Wildman–Crippen LogP) is 2.56. The maximum Gasteiger partial charge on any atom is 0.311 e. The Morgan fingerprint density at radius 2 is 1.84 bits per heavy atom. The summed E-state index contributed by atoms with van der Waals surface area (Å²) >= 11 is 0. The number of benzene rings is 2. The number of nitrogens with zero attached hydrogens (tertiary/aromatic N) is 1. The van der Waals surface area contributed by atoms with Crippen molar-refractivity contribution in [1.29, 1.82) is 0 Å². The summed E-state index contributed by atoms with van der Waals surface area (Å²) in [4.78, 5) is 38.5. The summed E-state index contributed by atoms with van der Waals surface area (Å²) in [7, 11) is 0. The largest absolute Gasteiger partial charge is 0.486 e. The van der Waals surface area contributed by atoms with Crippen molar-refractivity contribution in [2.24, 2.45) is 5.92 Å². The van der Waals surface area contributed by atoms with E-state index < -0.39 is 24.4 Å². The summed E-state index contributed by atoms with van der Waals surface area (Å²) in [5, 5.41) is 2.66. The number of anilines is 2. The molecule has 0 radical (unpaired) electrons. The van der Waals surface area contributed by atoms with Gasteiger partial charge in [0.05, 0.1) is 5.92 Å². The van der Waals surface area contributed by atoms with Crippen LogP contribution < -0.4 is 19.7 Å². The Morgan fingerprint density at radius 3 is 2.58 bits per heavy atom. The number of carbonyl (C=O) groups is 3. The maximum atomic E-state index is 12.4. The Hall–Kier alpha value is -3.55. The van der Waals surface area contributed by atoms with E-state index in [0.717, 1.165) is 12.1 Å². The Morgan fingerprint density at radius 1 is 1.10 bits per heavy atom. The van der Waals surface area contributed by atoms with Gasteiger partial charge in [-0.1, -0.05) is 19.1 Å². The van der Waals surface area contributed by atoms with Crippen LogP contribution in [-0.4, -0.2) is 44.1 Å². The molecule has 0 aliphatic carbocycles. The van der Waals surface area contributed by atoms with Crippen molar-refractivity contribution >= 4 is 29.2 Å². The maximum absolute atomic E-state index is 12.4. The number of amides is 2. The minimum Gasteiger partial charge on any atom is -0.486 e. The molecule has 0 saturated carbocycles. The van der Waals surface area contributed by atoms with Crippen molar-refractivity contribution in [3.63, 3.8) is 0 Å². The standard InChI is InChI=1S/C23H24N2O6/c1-2-15-3-6-18(7-4-15)25-13-16(11-22(25)27)23(28)31-14-21(26)24-17-5-8-19-20(12-17)30-10-9-29-19/h3-8,12,16H,2,9-11,13-14H2,1H3,(H,24,26)/t16-/m1/s1. The SMILES string of the molecule is CCc1ccc(N2C[C@H](C(=O)OCC(=O)Nc3ccc4c(c3)OCCO4)CC2=O)cc1. The van der Waals surface area contributed by atoms with Crippen molar-refractivity contribution in [3.8, 4) is 11.5 Å². The minimum atomic E-state index is -0.597.